The summed E-state index contributed by atoms with van der Waals surface area (Å²) in [5.74, 6) is 1.04. The molecule has 0 saturated carbocycles. The summed E-state index contributed by atoms with van der Waals surface area (Å²) in [6.45, 7) is 0.508. The minimum absolute atomic E-state index is 0.00940. The maximum Gasteiger partial charge on any atom is 0.329 e. The summed E-state index contributed by atoms with van der Waals surface area (Å²) in [6.07, 6.45) is -0.944. The quantitative estimate of drug-likeness (QED) is 0.321. The summed E-state index contributed by atoms with van der Waals surface area (Å²) in [5.41, 5.74) is 0.337. The molecule has 0 aliphatic rings. The molecule has 1 atom stereocenters. The molecule has 9 nitrogen and oxygen atoms in total. The second kappa shape index (κ2) is 9.47. The van der Waals surface area contributed by atoms with E-state index in [1.165, 1.54) is 4.57 Å². The molecule has 5 rings (SSSR count). The number of aliphatic hydroxyl groups excluding tert-OH is 1. The summed E-state index contributed by atoms with van der Waals surface area (Å²) in [4.78, 5) is 31.6. The molecule has 0 radical (unpaired) electrons. The number of benzene rings is 3. The Morgan fingerprint density at radius 3 is 2.60 bits per heavy atom. The number of aryl methyl sites for hydroxylation is 1. The lowest BCUT2D eigenvalue weighted by atomic mass is 10.1. The fourth-order valence-corrected chi connectivity index (χ4v) is 4.10. The van der Waals surface area contributed by atoms with Crippen LogP contribution < -0.4 is 21.3 Å². The van der Waals surface area contributed by atoms with Gasteiger partial charge in [0.15, 0.2) is 11.2 Å². The average Bonchev–Trinajstić information content (AvgIpc) is 3.24. The Hall–Kier alpha value is -4.37. The Balaban J connectivity index is 1.43. The van der Waals surface area contributed by atoms with E-state index in [4.69, 9.17) is 4.74 Å². The monoisotopic (exact) mass is 471 g/mol. The van der Waals surface area contributed by atoms with Gasteiger partial charge in [-0.05, 0) is 17.0 Å². The SMILES string of the molecule is Cn1c(=O)[nH]c(=O)c2c1nc(NCc1ccccc1)n2CC(O)COc1cccc2ccccc12. The number of aliphatic hydroxyl groups is 1. The smallest absolute Gasteiger partial charge is 0.329 e. The predicted octanol–water partition coefficient (Wildman–Crippen LogP) is 2.63. The highest BCUT2D eigenvalue weighted by Gasteiger charge is 2.20. The Labute approximate surface area is 200 Å². The van der Waals surface area contributed by atoms with Crippen LogP contribution in [0.5, 0.6) is 5.75 Å². The molecule has 2 aromatic heterocycles. The van der Waals surface area contributed by atoms with Crippen LogP contribution in [0.4, 0.5) is 5.95 Å². The van der Waals surface area contributed by atoms with Crippen LogP contribution in [0.15, 0.2) is 82.4 Å². The van der Waals surface area contributed by atoms with E-state index in [0.29, 0.717) is 18.2 Å². The van der Waals surface area contributed by atoms with Crippen molar-refractivity contribution in [3.8, 4) is 5.75 Å². The van der Waals surface area contributed by atoms with Gasteiger partial charge in [-0.1, -0.05) is 66.7 Å². The van der Waals surface area contributed by atoms with Crippen LogP contribution in [0.1, 0.15) is 5.56 Å². The molecule has 2 heterocycles. The van der Waals surface area contributed by atoms with E-state index < -0.39 is 17.4 Å². The number of H-pyrrole nitrogens is 1. The van der Waals surface area contributed by atoms with Crippen molar-refractivity contribution >= 4 is 27.9 Å². The zero-order valence-corrected chi connectivity index (χ0v) is 19.1. The third-order valence-corrected chi connectivity index (χ3v) is 5.87. The summed E-state index contributed by atoms with van der Waals surface area (Å²) in [5, 5.41) is 16.1. The number of anilines is 1. The molecule has 0 fully saturated rings. The van der Waals surface area contributed by atoms with Crippen molar-refractivity contribution in [1.29, 1.82) is 0 Å². The number of rotatable bonds is 8. The summed E-state index contributed by atoms with van der Waals surface area (Å²) < 4.78 is 8.81. The Kier molecular flexibility index (Phi) is 6.07. The van der Waals surface area contributed by atoms with Crippen LogP contribution in [0.25, 0.3) is 21.9 Å². The Bertz CT molecular complexity index is 1600. The minimum atomic E-state index is -0.944. The molecule has 3 N–H and O–H groups in total. The largest absolute Gasteiger partial charge is 0.490 e. The fraction of sp³-hybridized carbons (Fsp3) is 0.192. The number of hydrogen-bond acceptors (Lipinski definition) is 6. The molecule has 0 spiro atoms. The minimum Gasteiger partial charge on any atom is -0.490 e. The standard InChI is InChI=1S/C26H25N5O4/c1-30-23-22(24(33)29-26(30)34)31(25(28-23)27-14-17-8-3-2-4-9-17)15-19(32)16-35-21-13-7-11-18-10-5-6-12-20(18)21/h2-13,19,32H,14-16H2,1H3,(H,27,28)(H,29,33,34). The van der Waals surface area contributed by atoms with Crippen molar-refractivity contribution in [3.05, 3.63) is 99.2 Å². The highest BCUT2D eigenvalue weighted by molar-refractivity contribution is 5.88. The number of ether oxygens (including phenoxy) is 1. The van der Waals surface area contributed by atoms with Crippen molar-refractivity contribution in [3.63, 3.8) is 0 Å². The highest BCUT2D eigenvalue weighted by atomic mass is 16.5. The van der Waals surface area contributed by atoms with E-state index in [0.717, 1.165) is 16.3 Å². The third-order valence-electron chi connectivity index (χ3n) is 5.87. The fourth-order valence-electron chi connectivity index (χ4n) is 4.10. The van der Waals surface area contributed by atoms with Crippen LogP contribution in [-0.4, -0.2) is 36.9 Å². The van der Waals surface area contributed by atoms with E-state index in [9.17, 15) is 14.7 Å². The number of aromatic amines is 1. The molecule has 178 valence electrons. The first kappa shape index (κ1) is 22.4. The molecule has 0 bridgehead atoms. The first-order chi connectivity index (χ1) is 17.0. The van der Waals surface area contributed by atoms with Gasteiger partial charge in [-0.3, -0.25) is 14.3 Å². The van der Waals surface area contributed by atoms with Crippen LogP contribution in [0.2, 0.25) is 0 Å². The van der Waals surface area contributed by atoms with Gasteiger partial charge in [-0.25, -0.2) is 4.79 Å². The van der Waals surface area contributed by atoms with E-state index in [1.54, 1.807) is 11.6 Å². The summed E-state index contributed by atoms with van der Waals surface area (Å²) in [7, 11) is 1.54. The Morgan fingerprint density at radius 1 is 1.03 bits per heavy atom. The van der Waals surface area contributed by atoms with Crippen LogP contribution in [0, 0.1) is 0 Å². The molecule has 9 heteroatoms. The van der Waals surface area contributed by atoms with E-state index in [2.05, 4.69) is 15.3 Å². The van der Waals surface area contributed by atoms with Gasteiger partial charge in [0.1, 0.15) is 18.5 Å². The highest BCUT2D eigenvalue weighted by Crippen LogP contribution is 2.25. The van der Waals surface area contributed by atoms with Gasteiger partial charge >= 0.3 is 5.69 Å². The number of fused-ring (bicyclic) bond motifs is 2. The van der Waals surface area contributed by atoms with E-state index in [-0.39, 0.29) is 24.3 Å². The van der Waals surface area contributed by atoms with Crippen molar-refractivity contribution in [2.75, 3.05) is 11.9 Å². The number of imidazole rings is 1. The molecule has 0 saturated heterocycles. The second-order valence-electron chi connectivity index (χ2n) is 8.32. The second-order valence-corrected chi connectivity index (χ2v) is 8.32. The molecular formula is C26H25N5O4. The lowest BCUT2D eigenvalue weighted by Gasteiger charge is -2.16. The molecule has 35 heavy (non-hydrogen) atoms. The number of nitrogens with zero attached hydrogens (tertiary/aromatic N) is 3. The molecular weight excluding hydrogens is 446 g/mol. The lowest BCUT2D eigenvalue weighted by molar-refractivity contribution is 0.0946. The lowest BCUT2D eigenvalue weighted by Crippen LogP contribution is -2.31. The first-order valence-corrected chi connectivity index (χ1v) is 11.3. The van der Waals surface area contributed by atoms with Crippen molar-refractivity contribution < 1.29 is 9.84 Å². The van der Waals surface area contributed by atoms with Crippen LogP contribution >= 0.6 is 0 Å². The van der Waals surface area contributed by atoms with E-state index in [1.807, 2.05) is 72.8 Å². The number of aromatic nitrogens is 4. The molecule has 0 aliphatic heterocycles. The number of hydrogen-bond donors (Lipinski definition) is 3. The van der Waals surface area contributed by atoms with Crippen LogP contribution in [-0.2, 0) is 20.1 Å². The van der Waals surface area contributed by atoms with Crippen molar-refractivity contribution in [2.24, 2.45) is 7.05 Å². The van der Waals surface area contributed by atoms with Gasteiger partial charge in [0.05, 0.1) is 6.54 Å². The maximum atomic E-state index is 12.7. The maximum absolute atomic E-state index is 12.7. The summed E-state index contributed by atoms with van der Waals surface area (Å²) in [6, 6.07) is 23.3. The molecule has 5 aromatic rings. The molecule has 3 aromatic carbocycles. The Morgan fingerprint density at radius 2 is 1.77 bits per heavy atom. The molecule has 0 aliphatic carbocycles. The third kappa shape index (κ3) is 4.53. The van der Waals surface area contributed by atoms with Crippen molar-refractivity contribution in [2.45, 2.75) is 19.2 Å². The van der Waals surface area contributed by atoms with Gasteiger partial charge in [-0.15, -0.1) is 0 Å². The molecule has 0 amide bonds. The van der Waals surface area contributed by atoms with Gasteiger partial charge in [0, 0.05) is 19.0 Å². The van der Waals surface area contributed by atoms with Gasteiger partial charge in [0.2, 0.25) is 5.95 Å². The van der Waals surface area contributed by atoms with Gasteiger partial charge in [-0.2, -0.15) is 4.98 Å². The first-order valence-electron chi connectivity index (χ1n) is 11.3. The average molecular weight is 472 g/mol. The van der Waals surface area contributed by atoms with Crippen LogP contribution in [0.3, 0.4) is 0 Å². The zero-order chi connectivity index (χ0) is 24.4. The molecule has 1 unspecified atom stereocenters. The topological polar surface area (TPSA) is 114 Å². The predicted molar refractivity (Wildman–Crippen MR) is 135 cm³/mol. The normalized spacial score (nSPS) is 12.2. The zero-order valence-electron chi connectivity index (χ0n) is 19.1. The van der Waals surface area contributed by atoms with Gasteiger partial charge < -0.3 is 19.7 Å². The van der Waals surface area contributed by atoms with E-state index >= 15 is 0 Å². The van der Waals surface area contributed by atoms with Gasteiger partial charge in [0.25, 0.3) is 5.56 Å². The number of nitrogens with one attached hydrogen (secondary N) is 2. The summed E-state index contributed by atoms with van der Waals surface area (Å²) >= 11 is 0. The van der Waals surface area contributed by atoms with Crippen molar-refractivity contribution in [1.82, 2.24) is 19.1 Å².